The van der Waals surface area contributed by atoms with Gasteiger partial charge in [-0.3, -0.25) is 4.79 Å². The quantitative estimate of drug-likeness (QED) is 0.877. The third kappa shape index (κ3) is 2.71. The molecule has 1 aliphatic rings. The molecule has 1 saturated heterocycles. The van der Waals surface area contributed by atoms with Crippen molar-refractivity contribution in [2.75, 3.05) is 24.7 Å². The molecule has 1 atom stereocenters. The number of amides is 1. The summed E-state index contributed by atoms with van der Waals surface area (Å²) >= 11 is 0. The Bertz CT molecular complexity index is 420. The molecule has 4 nitrogen and oxygen atoms in total. The van der Waals surface area contributed by atoms with Crippen LogP contribution in [-0.4, -0.2) is 31.7 Å². The zero-order chi connectivity index (χ0) is 13.0. The summed E-state index contributed by atoms with van der Waals surface area (Å²) in [6.45, 7) is 3.44. The van der Waals surface area contributed by atoms with Crippen molar-refractivity contribution in [3.8, 4) is 0 Å². The molecule has 0 bridgehead atoms. The van der Waals surface area contributed by atoms with E-state index in [0.29, 0.717) is 13.2 Å². The Morgan fingerprint density at radius 3 is 2.94 bits per heavy atom. The van der Waals surface area contributed by atoms with Crippen LogP contribution in [0.4, 0.5) is 5.69 Å². The van der Waals surface area contributed by atoms with Gasteiger partial charge < -0.3 is 15.4 Å². The maximum absolute atomic E-state index is 12.1. The van der Waals surface area contributed by atoms with Gasteiger partial charge in [0.2, 0.25) is 0 Å². The highest BCUT2D eigenvalue weighted by molar-refractivity contribution is 5.96. The lowest BCUT2D eigenvalue weighted by Gasteiger charge is -2.36. The van der Waals surface area contributed by atoms with Gasteiger partial charge in [-0.1, -0.05) is 18.2 Å². The third-order valence-corrected chi connectivity index (χ3v) is 3.29. The molecule has 1 aromatic rings. The van der Waals surface area contributed by atoms with Crippen LogP contribution in [0.15, 0.2) is 24.3 Å². The molecule has 18 heavy (non-hydrogen) atoms. The summed E-state index contributed by atoms with van der Waals surface area (Å²) in [6.07, 6.45) is 1.79. The van der Waals surface area contributed by atoms with Crippen molar-refractivity contribution in [2.45, 2.75) is 25.8 Å². The fraction of sp³-hybridized carbons (Fsp3) is 0.500. The summed E-state index contributed by atoms with van der Waals surface area (Å²) in [4.78, 5) is 14.0. The number of nitrogens with two attached hydrogens (primary N) is 1. The molecular formula is C14H20N2O2. The number of aryl methyl sites for hydroxylation is 1. The van der Waals surface area contributed by atoms with E-state index in [-0.39, 0.29) is 18.6 Å². The number of benzene rings is 1. The predicted molar refractivity (Wildman–Crippen MR) is 71.6 cm³/mol. The molecule has 0 aliphatic carbocycles. The van der Waals surface area contributed by atoms with E-state index >= 15 is 0 Å². The van der Waals surface area contributed by atoms with E-state index in [0.717, 1.165) is 24.1 Å². The van der Waals surface area contributed by atoms with Crippen LogP contribution >= 0.6 is 0 Å². The summed E-state index contributed by atoms with van der Waals surface area (Å²) in [5.74, 6) is 0.0394. The van der Waals surface area contributed by atoms with Crippen molar-refractivity contribution in [1.29, 1.82) is 0 Å². The molecule has 1 amide bonds. The van der Waals surface area contributed by atoms with Crippen LogP contribution < -0.4 is 10.6 Å². The number of rotatable bonds is 4. The minimum absolute atomic E-state index is 0.0394. The summed E-state index contributed by atoms with van der Waals surface area (Å²) in [5.41, 5.74) is 7.66. The topological polar surface area (TPSA) is 55.6 Å². The Hall–Kier alpha value is -1.39. The number of para-hydroxylation sites is 1. The number of nitrogens with zero attached hydrogens (tertiary/aromatic N) is 1. The average molecular weight is 248 g/mol. The van der Waals surface area contributed by atoms with Crippen LogP contribution in [0.2, 0.25) is 0 Å². The van der Waals surface area contributed by atoms with Crippen LogP contribution in [0.3, 0.4) is 0 Å². The lowest BCUT2D eigenvalue weighted by atomic mass is 10.1. The zero-order valence-corrected chi connectivity index (χ0v) is 10.8. The lowest BCUT2D eigenvalue weighted by molar-refractivity contribution is -0.127. The second-order valence-electron chi connectivity index (χ2n) is 4.65. The van der Waals surface area contributed by atoms with Crippen molar-refractivity contribution in [2.24, 2.45) is 5.73 Å². The molecule has 2 N–H and O–H groups in total. The normalized spacial score (nSPS) is 20.2. The molecule has 4 heteroatoms. The second-order valence-corrected chi connectivity index (χ2v) is 4.65. The van der Waals surface area contributed by atoms with E-state index in [1.807, 2.05) is 36.1 Å². The van der Waals surface area contributed by atoms with Crippen LogP contribution in [-0.2, 0) is 9.53 Å². The van der Waals surface area contributed by atoms with Gasteiger partial charge in [0, 0.05) is 5.69 Å². The molecular weight excluding hydrogens is 228 g/mol. The van der Waals surface area contributed by atoms with Gasteiger partial charge in [-0.25, -0.2) is 0 Å². The lowest BCUT2D eigenvalue weighted by Crippen LogP contribution is -2.50. The Morgan fingerprint density at radius 2 is 2.22 bits per heavy atom. The smallest absolute Gasteiger partial charge is 0.253 e. The molecule has 1 fully saturated rings. The van der Waals surface area contributed by atoms with E-state index in [2.05, 4.69) is 0 Å². The molecule has 0 spiro atoms. The summed E-state index contributed by atoms with van der Waals surface area (Å²) in [5, 5.41) is 0. The summed E-state index contributed by atoms with van der Waals surface area (Å²) < 4.78 is 5.35. The Kier molecular flexibility index (Phi) is 4.33. The maximum Gasteiger partial charge on any atom is 0.253 e. The Labute approximate surface area is 108 Å². The van der Waals surface area contributed by atoms with Gasteiger partial charge in [0.25, 0.3) is 5.91 Å². The minimum atomic E-state index is 0.0394. The highest BCUT2D eigenvalue weighted by atomic mass is 16.5. The van der Waals surface area contributed by atoms with Crippen molar-refractivity contribution in [3.05, 3.63) is 29.8 Å². The molecule has 1 unspecified atom stereocenters. The van der Waals surface area contributed by atoms with Gasteiger partial charge >= 0.3 is 0 Å². The maximum atomic E-state index is 12.1. The second kappa shape index (κ2) is 5.98. The van der Waals surface area contributed by atoms with E-state index in [1.165, 1.54) is 0 Å². The van der Waals surface area contributed by atoms with Crippen LogP contribution in [0, 0.1) is 6.92 Å². The van der Waals surface area contributed by atoms with Gasteiger partial charge in [-0.15, -0.1) is 0 Å². The van der Waals surface area contributed by atoms with Gasteiger partial charge in [-0.2, -0.15) is 0 Å². The number of carbonyl (C=O) groups is 1. The molecule has 1 aliphatic heterocycles. The van der Waals surface area contributed by atoms with Crippen LogP contribution in [0.5, 0.6) is 0 Å². The summed E-state index contributed by atoms with van der Waals surface area (Å²) in [6, 6.07) is 8.08. The van der Waals surface area contributed by atoms with E-state index in [4.69, 9.17) is 10.5 Å². The standard InChI is InChI=1S/C14H20N2O2/c1-11-5-2-3-7-13(11)16-12(6-4-8-15)9-18-10-14(16)17/h2-3,5,7,12H,4,6,8-10,15H2,1H3. The highest BCUT2D eigenvalue weighted by Gasteiger charge is 2.30. The molecule has 1 aromatic carbocycles. The number of morpholine rings is 1. The summed E-state index contributed by atoms with van der Waals surface area (Å²) in [7, 11) is 0. The van der Waals surface area contributed by atoms with Gasteiger partial charge in [0.05, 0.1) is 12.6 Å². The van der Waals surface area contributed by atoms with Crippen molar-refractivity contribution < 1.29 is 9.53 Å². The molecule has 98 valence electrons. The largest absolute Gasteiger partial charge is 0.369 e. The van der Waals surface area contributed by atoms with Gasteiger partial charge in [-0.05, 0) is 37.9 Å². The van der Waals surface area contributed by atoms with Crippen molar-refractivity contribution in [3.63, 3.8) is 0 Å². The number of anilines is 1. The average Bonchev–Trinajstić information content (AvgIpc) is 2.38. The fourth-order valence-electron chi connectivity index (χ4n) is 2.36. The fourth-order valence-corrected chi connectivity index (χ4v) is 2.36. The first-order chi connectivity index (χ1) is 8.74. The van der Waals surface area contributed by atoms with Crippen LogP contribution in [0.25, 0.3) is 0 Å². The van der Waals surface area contributed by atoms with Gasteiger partial charge in [0.15, 0.2) is 0 Å². The van der Waals surface area contributed by atoms with E-state index in [1.54, 1.807) is 0 Å². The monoisotopic (exact) mass is 248 g/mol. The van der Waals surface area contributed by atoms with Crippen molar-refractivity contribution in [1.82, 2.24) is 0 Å². The van der Waals surface area contributed by atoms with Gasteiger partial charge in [0.1, 0.15) is 6.61 Å². The third-order valence-electron chi connectivity index (χ3n) is 3.29. The SMILES string of the molecule is Cc1ccccc1N1C(=O)COCC1CCCN. The molecule has 0 radical (unpaired) electrons. The van der Waals surface area contributed by atoms with E-state index in [9.17, 15) is 4.79 Å². The highest BCUT2D eigenvalue weighted by Crippen LogP contribution is 2.25. The Balaban J connectivity index is 2.24. The van der Waals surface area contributed by atoms with Crippen LogP contribution in [0.1, 0.15) is 18.4 Å². The zero-order valence-electron chi connectivity index (χ0n) is 10.8. The molecule has 1 heterocycles. The number of hydrogen-bond acceptors (Lipinski definition) is 3. The molecule has 2 rings (SSSR count). The predicted octanol–water partition coefficient (Wildman–Crippen LogP) is 1.47. The van der Waals surface area contributed by atoms with Crippen molar-refractivity contribution >= 4 is 11.6 Å². The Morgan fingerprint density at radius 1 is 1.44 bits per heavy atom. The molecule has 0 saturated carbocycles. The first-order valence-electron chi connectivity index (χ1n) is 6.39. The first-order valence-corrected chi connectivity index (χ1v) is 6.39. The minimum Gasteiger partial charge on any atom is -0.369 e. The molecule has 0 aromatic heterocycles. The van der Waals surface area contributed by atoms with E-state index < -0.39 is 0 Å². The number of ether oxygens (including phenoxy) is 1. The number of hydrogen-bond donors (Lipinski definition) is 1. The first kappa shape index (κ1) is 13.1. The number of carbonyl (C=O) groups excluding carboxylic acids is 1.